The molecule has 0 N–H and O–H groups in total. The summed E-state index contributed by atoms with van der Waals surface area (Å²) in [6, 6.07) is 7.80. The van der Waals surface area contributed by atoms with Crippen molar-refractivity contribution in [1.29, 1.82) is 0 Å². The van der Waals surface area contributed by atoms with Crippen LogP contribution in [-0.2, 0) is 11.2 Å². The number of rotatable bonds is 17. The van der Waals surface area contributed by atoms with Crippen molar-refractivity contribution in [3.05, 3.63) is 65.4 Å². The summed E-state index contributed by atoms with van der Waals surface area (Å²) in [7, 11) is 0. The van der Waals surface area contributed by atoms with E-state index in [2.05, 4.69) is 11.6 Å². The second-order valence-electron chi connectivity index (χ2n) is 9.31. The molecule has 5 nitrogen and oxygen atoms in total. The van der Waals surface area contributed by atoms with Crippen molar-refractivity contribution < 1.29 is 27.1 Å². The van der Waals surface area contributed by atoms with E-state index in [4.69, 9.17) is 13.9 Å². The summed E-state index contributed by atoms with van der Waals surface area (Å²) in [6.07, 6.45) is 13.9. The molecule has 0 fully saturated rings. The number of thioether (sulfide) groups is 1. The Kier molecular flexibility index (Phi) is 12.2. The Hall–Kier alpha value is -2.94. The number of alkyl halides is 3. The number of hydrogen-bond donors (Lipinski definition) is 0. The third kappa shape index (κ3) is 10.3. The van der Waals surface area contributed by atoms with Crippen molar-refractivity contribution in [2.45, 2.75) is 81.5 Å². The van der Waals surface area contributed by atoms with E-state index in [0.29, 0.717) is 24.3 Å². The highest BCUT2D eigenvalue weighted by Crippen LogP contribution is 2.42. The van der Waals surface area contributed by atoms with Crippen molar-refractivity contribution in [3.8, 4) is 17.0 Å². The third-order valence-electron chi connectivity index (χ3n) is 6.34. The molecule has 0 unspecified atom stereocenters. The van der Waals surface area contributed by atoms with Crippen LogP contribution in [0.2, 0.25) is 0 Å². The normalized spacial score (nSPS) is 11.6. The van der Waals surface area contributed by atoms with E-state index >= 15 is 0 Å². The van der Waals surface area contributed by atoms with Crippen LogP contribution >= 0.6 is 11.8 Å². The lowest BCUT2D eigenvalue weighted by Crippen LogP contribution is -2.06. The number of fused-ring (bicyclic) bond motifs is 1. The molecule has 0 radical (unpaired) electrons. The Balaban J connectivity index is 1.51. The third-order valence-corrected chi connectivity index (χ3v) is 7.13. The molecule has 0 aliphatic heterocycles. The number of aromatic nitrogens is 1. The first kappa shape index (κ1) is 30.6. The predicted molar refractivity (Wildman–Crippen MR) is 150 cm³/mol. The minimum atomic E-state index is -4.48. The SMILES string of the molecule is C=COCCCCCCCCCCCOc1cc2oc(=O)c(-c3ccc(CC)cc3SC(F)(F)F)cc2cn1. The van der Waals surface area contributed by atoms with Gasteiger partial charge in [0.15, 0.2) is 0 Å². The molecular formula is C30H36F3NO4S. The van der Waals surface area contributed by atoms with Crippen LogP contribution < -0.4 is 10.4 Å². The second-order valence-corrected chi connectivity index (χ2v) is 10.4. The van der Waals surface area contributed by atoms with Crippen molar-refractivity contribution in [2.75, 3.05) is 13.2 Å². The Labute approximate surface area is 231 Å². The predicted octanol–water partition coefficient (Wildman–Crippen LogP) is 9.08. The van der Waals surface area contributed by atoms with Gasteiger partial charge in [-0.05, 0) is 48.7 Å². The number of nitrogens with zero attached hydrogens (tertiary/aromatic N) is 1. The second kappa shape index (κ2) is 15.6. The van der Waals surface area contributed by atoms with E-state index in [1.807, 2.05) is 6.92 Å². The highest BCUT2D eigenvalue weighted by atomic mass is 32.2. The first-order valence-electron chi connectivity index (χ1n) is 13.5. The maximum absolute atomic E-state index is 13.2. The van der Waals surface area contributed by atoms with Gasteiger partial charge in [0.25, 0.3) is 0 Å². The highest BCUT2D eigenvalue weighted by molar-refractivity contribution is 8.00. The minimum absolute atomic E-state index is 0.0317. The Morgan fingerprint density at radius 2 is 1.62 bits per heavy atom. The van der Waals surface area contributed by atoms with Crippen molar-refractivity contribution >= 4 is 22.7 Å². The highest BCUT2D eigenvalue weighted by Gasteiger charge is 2.31. The molecule has 3 rings (SSSR count). The summed E-state index contributed by atoms with van der Waals surface area (Å²) in [5, 5.41) is 0.507. The van der Waals surface area contributed by atoms with Crippen LogP contribution in [0.1, 0.15) is 70.3 Å². The smallest absolute Gasteiger partial charge is 0.446 e. The Morgan fingerprint density at radius 3 is 2.26 bits per heavy atom. The zero-order chi connectivity index (χ0) is 28.1. The summed E-state index contributed by atoms with van der Waals surface area (Å²) in [6.45, 7) is 6.65. The largest absolute Gasteiger partial charge is 0.502 e. The van der Waals surface area contributed by atoms with Gasteiger partial charge in [-0.15, -0.1) is 0 Å². The average molecular weight is 564 g/mol. The zero-order valence-electron chi connectivity index (χ0n) is 22.4. The number of benzene rings is 1. The molecule has 0 aliphatic carbocycles. The fourth-order valence-electron chi connectivity index (χ4n) is 4.27. The van der Waals surface area contributed by atoms with Crippen LogP contribution in [0.3, 0.4) is 0 Å². The van der Waals surface area contributed by atoms with Gasteiger partial charge in [0.05, 0.1) is 25.0 Å². The number of pyridine rings is 1. The van der Waals surface area contributed by atoms with Gasteiger partial charge in [0.2, 0.25) is 5.88 Å². The van der Waals surface area contributed by atoms with Gasteiger partial charge in [-0.3, -0.25) is 0 Å². The fourth-order valence-corrected chi connectivity index (χ4v) is 5.01. The number of unbranched alkanes of at least 4 members (excludes halogenated alkanes) is 8. The minimum Gasteiger partial charge on any atom is -0.502 e. The molecular weight excluding hydrogens is 527 g/mol. The molecule has 3 aromatic rings. The lowest BCUT2D eigenvalue weighted by Gasteiger charge is -2.13. The molecule has 9 heteroatoms. The summed E-state index contributed by atoms with van der Waals surface area (Å²) >= 11 is -0.232. The molecule has 0 aliphatic rings. The van der Waals surface area contributed by atoms with Gasteiger partial charge >= 0.3 is 11.1 Å². The number of aryl methyl sites for hydroxylation is 1. The van der Waals surface area contributed by atoms with E-state index in [-0.39, 0.29) is 33.4 Å². The standard InChI is InChI=1S/C30H36F3NO4S/c1-3-22-14-15-24(27(18-22)39-30(31,32)33)25-19-23-21-34-28(20-26(23)38-29(25)35)37-17-13-11-9-7-5-6-8-10-12-16-36-4-2/h4,14-15,18-21H,2-3,5-13,16-17H2,1H3. The van der Waals surface area contributed by atoms with Gasteiger partial charge in [0.1, 0.15) is 5.58 Å². The maximum Gasteiger partial charge on any atom is 0.446 e. The summed E-state index contributed by atoms with van der Waals surface area (Å²) in [5.74, 6) is 0.347. The quantitative estimate of drug-likeness (QED) is 0.0927. The molecule has 0 saturated heterocycles. The Morgan fingerprint density at radius 1 is 0.949 bits per heavy atom. The zero-order valence-corrected chi connectivity index (χ0v) is 23.2. The molecule has 0 atom stereocenters. The van der Waals surface area contributed by atoms with Crippen molar-refractivity contribution in [1.82, 2.24) is 4.98 Å². The first-order chi connectivity index (χ1) is 18.8. The number of hydrogen-bond acceptors (Lipinski definition) is 6. The van der Waals surface area contributed by atoms with Crippen LogP contribution in [0.5, 0.6) is 5.88 Å². The van der Waals surface area contributed by atoms with Crippen LogP contribution in [-0.4, -0.2) is 23.7 Å². The Bertz CT molecular complexity index is 1260. The van der Waals surface area contributed by atoms with Crippen LogP contribution in [0.25, 0.3) is 22.1 Å². The van der Waals surface area contributed by atoms with E-state index in [1.54, 1.807) is 12.1 Å². The molecule has 2 aromatic heterocycles. The molecule has 0 saturated carbocycles. The van der Waals surface area contributed by atoms with Crippen LogP contribution in [0, 0.1) is 0 Å². The van der Waals surface area contributed by atoms with Gasteiger partial charge in [-0.1, -0.05) is 70.6 Å². The lowest BCUT2D eigenvalue weighted by molar-refractivity contribution is -0.0328. The monoisotopic (exact) mass is 563 g/mol. The molecule has 212 valence electrons. The summed E-state index contributed by atoms with van der Waals surface area (Å²) in [5.41, 5.74) is -3.91. The van der Waals surface area contributed by atoms with Crippen molar-refractivity contribution in [3.63, 3.8) is 0 Å². The van der Waals surface area contributed by atoms with Crippen LogP contribution in [0.4, 0.5) is 13.2 Å². The van der Waals surface area contributed by atoms with E-state index < -0.39 is 11.1 Å². The summed E-state index contributed by atoms with van der Waals surface area (Å²) in [4.78, 5) is 17.0. The molecule has 39 heavy (non-hydrogen) atoms. The van der Waals surface area contributed by atoms with Gasteiger partial charge in [-0.25, -0.2) is 9.78 Å². The first-order valence-corrected chi connectivity index (χ1v) is 14.3. The van der Waals surface area contributed by atoms with Crippen molar-refractivity contribution in [2.24, 2.45) is 0 Å². The fraction of sp³-hybridized carbons (Fsp3) is 0.467. The van der Waals surface area contributed by atoms with Gasteiger partial charge < -0.3 is 13.9 Å². The summed E-state index contributed by atoms with van der Waals surface area (Å²) < 4.78 is 55.9. The number of halogens is 3. The molecule has 0 amide bonds. The van der Waals surface area contributed by atoms with Gasteiger partial charge in [-0.2, -0.15) is 13.2 Å². The molecule has 1 aromatic carbocycles. The molecule has 0 bridgehead atoms. The maximum atomic E-state index is 13.2. The lowest BCUT2D eigenvalue weighted by atomic mass is 10.0. The molecule has 2 heterocycles. The van der Waals surface area contributed by atoms with E-state index in [1.165, 1.54) is 62.8 Å². The van der Waals surface area contributed by atoms with Gasteiger partial charge in [0, 0.05) is 28.1 Å². The van der Waals surface area contributed by atoms with Crippen LogP contribution in [0.15, 0.2) is 63.5 Å². The topological polar surface area (TPSA) is 61.6 Å². The number of ether oxygens (including phenoxy) is 2. The van der Waals surface area contributed by atoms with E-state index in [9.17, 15) is 18.0 Å². The van der Waals surface area contributed by atoms with E-state index in [0.717, 1.165) is 37.9 Å². The molecule has 0 spiro atoms. The average Bonchev–Trinajstić information content (AvgIpc) is 2.90.